The maximum atomic E-state index is 12.1. The predicted octanol–water partition coefficient (Wildman–Crippen LogP) is 0.824. The van der Waals surface area contributed by atoms with E-state index in [1.165, 1.54) is 0 Å². The third-order valence-corrected chi connectivity index (χ3v) is 2.59. The number of nitrogens with two attached hydrogens (primary N) is 2. The molecule has 0 unspecified atom stereocenters. The molecule has 0 fully saturated rings. The number of Topliss-reactive ketones (excluding diaryl/α,β-unsaturated/α-hetero) is 1. The Morgan fingerprint density at radius 2 is 2.18 bits per heavy atom. The van der Waals surface area contributed by atoms with E-state index in [0.717, 1.165) is 0 Å². The highest BCUT2D eigenvalue weighted by Crippen LogP contribution is 2.23. The molecule has 1 aromatic rings. The lowest BCUT2D eigenvalue weighted by Gasteiger charge is -2.13. The highest BCUT2D eigenvalue weighted by molar-refractivity contribution is 6.29. The SMILES string of the molecule is Nc1nc(Cl)nc(C(=O)C2=CCOCC2)c1N. The largest absolute Gasteiger partial charge is 0.394 e. The molecule has 90 valence electrons. The average Bonchev–Trinajstić information content (AvgIpc) is 2.34. The molecule has 0 bridgehead atoms. The zero-order chi connectivity index (χ0) is 12.4. The summed E-state index contributed by atoms with van der Waals surface area (Å²) in [5.41, 5.74) is 11.9. The van der Waals surface area contributed by atoms with Crippen molar-refractivity contribution in [3.05, 3.63) is 22.6 Å². The Bertz CT molecular complexity index is 501. The van der Waals surface area contributed by atoms with Gasteiger partial charge in [-0.3, -0.25) is 4.79 Å². The topological polar surface area (TPSA) is 104 Å². The summed E-state index contributed by atoms with van der Waals surface area (Å²) < 4.78 is 5.12. The van der Waals surface area contributed by atoms with Gasteiger partial charge in [0, 0.05) is 5.57 Å². The minimum atomic E-state index is -0.276. The molecule has 2 rings (SSSR count). The molecule has 7 heteroatoms. The molecule has 1 aliphatic heterocycles. The van der Waals surface area contributed by atoms with Gasteiger partial charge < -0.3 is 16.2 Å². The van der Waals surface area contributed by atoms with E-state index in [1.807, 2.05) is 0 Å². The number of aromatic nitrogens is 2. The van der Waals surface area contributed by atoms with E-state index in [4.69, 9.17) is 27.8 Å². The van der Waals surface area contributed by atoms with Crippen LogP contribution in [0.5, 0.6) is 0 Å². The van der Waals surface area contributed by atoms with Crippen LogP contribution in [0.1, 0.15) is 16.9 Å². The molecule has 2 heterocycles. The lowest BCUT2D eigenvalue weighted by atomic mass is 10.0. The van der Waals surface area contributed by atoms with Crippen LogP contribution in [0.2, 0.25) is 5.28 Å². The number of nitrogen functional groups attached to an aromatic ring is 2. The minimum Gasteiger partial charge on any atom is -0.394 e. The molecule has 1 aromatic heterocycles. The average molecular weight is 255 g/mol. The summed E-state index contributed by atoms with van der Waals surface area (Å²) in [6, 6.07) is 0. The van der Waals surface area contributed by atoms with E-state index in [0.29, 0.717) is 25.2 Å². The summed E-state index contributed by atoms with van der Waals surface area (Å²) >= 11 is 5.65. The molecule has 0 spiro atoms. The Morgan fingerprint density at radius 3 is 2.82 bits per heavy atom. The first-order valence-electron chi connectivity index (χ1n) is 4.99. The first-order valence-corrected chi connectivity index (χ1v) is 5.37. The van der Waals surface area contributed by atoms with Gasteiger partial charge in [0.2, 0.25) is 11.1 Å². The Balaban J connectivity index is 2.40. The molecular weight excluding hydrogens is 244 g/mol. The normalized spacial score (nSPS) is 15.5. The van der Waals surface area contributed by atoms with Gasteiger partial charge in [-0.15, -0.1) is 0 Å². The van der Waals surface area contributed by atoms with Crippen molar-refractivity contribution in [2.45, 2.75) is 6.42 Å². The van der Waals surface area contributed by atoms with Crippen LogP contribution < -0.4 is 11.5 Å². The minimum absolute atomic E-state index is 0.0148. The highest BCUT2D eigenvalue weighted by atomic mass is 35.5. The number of hydrogen-bond acceptors (Lipinski definition) is 6. The molecule has 17 heavy (non-hydrogen) atoms. The second kappa shape index (κ2) is 4.68. The van der Waals surface area contributed by atoms with E-state index in [-0.39, 0.29) is 28.3 Å². The fraction of sp³-hybridized carbons (Fsp3) is 0.300. The number of nitrogens with zero attached hydrogens (tertiary/aromatic N) is 2. The summed E-state index contributed by atoms with van der Waals surface area (Å²) in [5, 5.41) is -0.0901. The van der Waals surface area contributed by atoms with Crippen LogP contribution in [-0.4, -0.2) is 29.0 Å². The van der Waals surface area contributed by atoms with E-state index in [2.05, 4.69) is 9.97 Å². The van der Waals surface area contributed by atoms with Crippen LogP contribution >= 0.6 is 11.6 Å². The van der Waals surface area contributed by atoms with E-state index >= 15 is 0 Å². The molecule has 0 saturated heterocycles. The number of ketones is 1. The van der Waals surface area contributed by atoms with Crippen LogP contribution in [-0.2, 0) is 4.74 Å². The number of anilines is 2. The Labute approximate surface area is 103 Å². The van der Waals surface area contributed by atoms with Crippen LogP contribution in [0.25, 0.3) is 0 Å². The van der Waals surface area contributed by atoms with Crippen molar-refractivity contribution in [1.29, 1.82) is 0 Å². The summed E-state index contributed by atoms with van der Waals surface area (Å²) in [6.45, 7) is 0.918. The zero-order valence-electron chi connectivity index (χ0n) is 8.94. The zero-order valence-corrected chi connectivity index (χ0v) is 9.70. The lowest BCUT2D eigenvalue weighted by Crippen LogP contribution is -2.16. The molecule has 0 radical (unpaired) electrons. The van der Waals surface area contributed by atoms with Gasteiger partial charge in [-0.1, -0.05) is 6.08 Å². The maximum absolute atomic E-state index is 12.1. The van der Waals surface area contributed by atoms with Crippen molar-refractivity contribution < 1.29 is 9.53 Å². The molecule has 0 saturated carbocycles. The van der Waals surface area contributed by atoms with Crippen LogP contribution in [0, 0.1) is 0 Å². The van der Waals surface area contributed by atoms with Gasteiger partial charge in [0.15, 0.2) is 5.82 Å². The number of carbonyl (C=O) groups is 1. The van der Waals surface area contributed by atoms with Crippen molar-refractivity contribution in [1.82, 2.24) is 9.97 Å². The quantitative estimate of drug-likeness (QED) is 0.598. The second-order valence-electron chi connectivity index (χ2n) is 3.52. The third-order valence-electron chi connectivity index (χ3n) is 2.42. The smallest absolute Gasteiger partial charge is 0.225 e. The number of ether oxygens (including phenoxy) is 1. The third kappa shape index (κ3) is 2.37. The van der Waals surface area contributed by atoms with E-state index in [9.17, 15) is 4.79 Å². The van der Waals surface area contributed by atoms with E-state index < -0.39 is 0 Å². The van der Waals surface area contributed by atoms with Gasteiger partial charge in [0.25, 0.3) is 0 Å². The van der Waals surface area contributed by atoms with Gasteiger partial charge in [0.05, 0.1) is 13.2 Å². The fourth-order valence-corrected chi connectivity index (χ4v) is 1.69. The standard InChI is InChI=1S/C10H11ClN4O2/c11-10-14-7(6(12)9(13)15-10)8(16)5-1-3-17-4-2-5/h1H,2-4,12H2,(H2,13,14,15). The molecule has 1 aliphatic rings. The van der Waals surface area contributed by atoms with E-state index in [1.54, 1.807) is 6.08 Å². The summed E-state index contributed by atoms with van der Waals surface area (Å²) in [6.07, 6.45) is 2.23. The van der Waals surface area contributed by atoms with Crippen LogP contribution in [0.3, 0.4) is 0 Å². The second-order valence-corrected chi connectivity index (χ2v) is 3.86. The summed E-state index contributed by atoms with van der Waals surface area (Å²) in [5.74, 6) is -0.261. The van der Waals surface area contributed by atoms with Crippen LogP contribution in [0.15, 0.2) is 11.6 Å². The highest BCUT2D eigenvalue weighted by Gasteiger charge is 2.21. The monoisotopic (exact) mass is 254 g/mol. The Morgan fingerprint density at radius 1 is 1.41 bits per heavy atom. The fourth-order valence-electron chi connectivity index (χ4n) is 1.52. The number of hydrogen-bond donors (Lipinski definition) is 2. The number of carbonyl (C=O) groups excluding carboxylic acids is 1. The van der Waals surface area contributed by atoms with Gasteiger partial charge in [-0.05, 0) is 18.0 Å². The summed E-state index contributed by atoms with van der Waals surface area (Å²) in [7, 11) is 0. The first-order chi connectivity index (χ1) is 8.09. The summed E-state index contributed by atoms with van der Waals surface area (Å²) in [4.78, 5) is 19.6. The first kappa shape index (κ1) is 11.8. The van der Waals surface area contributed by atoms with Crippen molar-refractivity contribution in [3.8, 4) is 0 Å². The number of halogens is 1. The number of rotatable bonds is 2. The molecule has 4 N–H and O–H groups in total. The molecule has 0 aromatic carbocycles. The predicted molar refractivity (Wildman–Crippen MR) is 63.7 cm³/mol. The maximum Gasteiger partial charge on any atom is 0.225 e. The van der Waals surface area contributed by atoms with Crippen molar-refractivity contribution in [2.75, 3.05) is 24.7 Å². The molecule has 0 aliphatic carbocycles. The lowest BCUT2D eigenvalue weighted by molar-refractivity contribution is 0.0991. The molecule has 0 atom stereocenters. The van der Waals surface area contributed by atoms with Crippen molar-refractivity contribution >= 4 is 28.9 Å². The Hall–Kier alpha value is -1.66. The van der Waals surface area contributed by atoms with Gasteiger partial charge >= 0.3 is 0 Å². The van der Waals surface area contributed by atoms with Gasteiger partial charge in [-0.2, -0.15) is 4.98 Å². The van der Waals surface area contributed by atoms with Crippen LogP contribution in [0.4, 0.5) is 11.5 Å². The van der Waals surface area contributed by atoms with Crippen molar-refractivity contribution in [2.24, 2.45) is 0 Å². The van der Waals surface area contributed by atoms with Gasteiger partial charge in [-0.25, -0.2) is 4.98 Å². The molecule has 6 nitrogen and oxygen atoms in total. The van der Waals surface area contributed by atoms with Crippen molar-refractivity contribution in [3.63, 3.8) is 0 Å². The van der Waals surface area contributed by atoms with Gasteiger partial charge in [0.1, 0.15) is 11.4 Å². The molecular formula is C10H11ClN4O2. The molecule has 0 amide bonds. The Kier molecular flexibility index (Phi) is 3.26.